The second-order valence-corrected chi connectivity index (χ2v) is 6.63. The van der Waals surface area contributed by atoms with E-state index in [1.807, 2.05) is 13.0 Å². The van der Waals surface area contributed by atoms with Crippen LogP contribution in [0, 0.1) is 6.92 Å². The first-order valence-corrected chi connectivity index (χ1v) is 8.43. The van der Waals surface area contributed by atoms with E-state index in [0.717, 1.165) is 35.1 Å². The highest BCUT2D eigenvalue weighted by atomic mass is 79.9. The van der Waals surface area contributed by atoms with Crippen molar-refractivity contribution in [3.05, 3.63) is 34.4 Å². The molecule has 3 nitrogen and oxygen atoms in total. The molecule has 1 unspecified atom stereocenters. The second kappa shape index (κ2) is 6.32. The van der Waals surface area contributed by atoms with Gasteiger partial charge in [-0.25, -0.2) is 0 Å². The molecule has 1 aromatic heterocycles. The average Bonchev–Trinajstić information content (AvgIpc) is 2.49. The van der Waals surface area contributed by atoms with E-state index >= 15 is 0 Å². The molecule has 2 heterocycles. The van der Waals surface area contributed by atoms with Gasteiger partial charge in [-0.2, -0.15) is 0 Å². The largest absolute Gasteiger partial charge is 0.396 e. The summed E-state index contributed by atoms with van der Waals surface area (Å²) < 4.78 is 1.04. The molecular formula is C17H21BrN2O. The summed E-state index contributed by atoms with van der Waals surface area (Å²) in [6.45, 7) is 3.37. The van der Waals surface area contributed by atoms with Gasteiger partial charge >= 0.3 is 0 Å². The van der Waals surface area contributed by atoms with Crippen LogP contribution in [-0.4, -0.2) is 29.3 Å². The molecule has 21 heavy (non-hydrogen) atoms. The molecule has 0 spiro atoms. The van der Waals surface area contributed by atoms with E-state index in [1.165, 1.54) is 23.9 Å². The van der Waals surface area contributed by atoms with Crippen LogP contribution >= 0.6 is 15.9 Å². The summed E-state index contributed by atoms with van der Waals surface area (Å²) >= 11 is 3.61. The summed E-state index contributed by atoms with van der Waals surface area (Å²) in [6.07, 6.45) is 4.49. The fraction of sp³-hybridized carbons (Fsp3) is 0.471. The fourth-order valence-electron chi connectivity index (χ4n) is 3.32. The number of para-hydroxylation sites is 1. The third kappa shape index (κ3) is 2.92. The highest BCUT2D eigenvalue weighted by molar-refractivity contribution is 9.10. The first-order valence-electron chi connectivity index (χ1n) is 7.64. The van der Waals surface area contributed by atoms with Crippen LogP contribution in [0.25, 0.3) is 10.9 Å². The van der Waals surface area contributed by atoms with Crippen molar-refractivity contribution in [2.75, 3.05) is 18.1 Å². The second-order valence-electron chi connectivity index (χ2n) is 5.77. The number of aliphatic hydroxyl groups is 1. The number of aliphatic hydroxyl groups excluding tert-OH is 1. The molecule has 1 aliphatic rings. The van der Waals surface area contributed by atoms with Gasteiger partial charge in [0.25, 0.3) is 0 Å². The lowest BCUT2D eigenvalue weighted by atomic mass is 9.97. The zero-order valence-corrected chi connectivity index (χ0v) is 13.9. The highest BCUT2D eigenvalue weighted by Crippen LogP contribution is 2.35. The number of rotatable bonds is 3. The quantitative estimate of drug-likeness (QED) is 0.908. The number of hydrogen-bond acceptors (Lipinski definition) is 3. The molecule has 1 aliphatic heterocycles. The number of pyridine rings is 1. The summed E-state index contributed by atoms with van der Waals surface area (Å²) in [5, 5.41) is 10.5. The molecule has 4 heteroatoms. The van der Waals surface area contributed by atoms with Crippen LogP contribution in [0.3, 0.4) is 0 Å². The summed E-state index contributed by atoms with van der Waals surface area (Å²) in [6, 6.07) is 8.88. The molecule has 0 amide bonds. The smallest absolute Gasteiger partial charge is 0.0867 e. The Hall–Kier alpha value is -1.13. The highest BCUT2D eigenvalue weighted by Gasteiger charge is 2.24. The molecule has 2 aromatic rings. The number of piperidine rings is 1. The summed E-state index contributed by atoms with van der Waals surface area (Å²) in [4.78, 5) is 7.15. The number of benzene rings is 1. The molecule has 1 saturated heterocycles. The molecule has 1 aromatic carbocycles. The third-order valence-corrected chi connectivity index (χ3v) is 4.94. The van der Waals surface area contributed by atoms with Crippen molar-refractivity contribution >= 4 is 32.5 Å². The normalized spacial score (nSPS) is 19.2. The lowest BCUT2D eigenvalue weighted by Crippen LogP contribution is -2.40. The van der Waals surface area contributed by atoms with Crippen molar-refractivity contribution in [3.8, 4) is 0 Å². The first-order chi connectivity index (χ1) is 10.2. The van der Waals surface area contributed by atoms with Gasteiger partial charge in [-0.05, 0) is 60.7 Å². The van der Waals surface area contributed by atoms with Crippen LogP contribution in [0.4, 0.5) is 5.69 Å². The standard InChI is InChI=1S/C17H21BrN2O/c1-12-11-16(14-6-4-7-15(18)17(14)19-12)20-9-3-2-5-13(20)8-10-21/h4,6-7,11,13,21H,2-3,5,8-10H2,1H3. The number of fused-ring (bicyclic) bond motifs is 1. The van der Waals surface area contributed by atoms with Gasteiger partial charge in [-0.1, -0.05) is 12.1 Å². The van der Waals surface area contributed by atoms with E-state index < -0.39 is 0 Å². The zero-order chi connectivity index (χ0) is 14.8. The Morgan fingerprint density at radius 2 is 2.24 bits per heavy atom. The molecule has 3 rings (SSSR count). The Balaban J connectivity index is 2.12. The van der Waals surface area contributed by atoms with Crippen molar-refractivity contribution in [3.63, 3.8) is 0 Å². The number of aromatic nitrogens is 1. The van der Waals surface area contributed by atoms with Crippen LogP contribution in [0.1, 0.15) is 31.4 Å². The van der Waals surface area contributed by atoms with Crippen LogP contribution in [0.5, 0.6) is 0 Å². The Morgan fingerprint density at radius 1 is 1.38 bits per heavy atom. The van der Waals surface area contributed by atoms with Crippen LogP contribution in [0.15, 0.2) is 28.7 Å². The Morgan fingerprint density at radius 3 is 3.05 bits per heavy atom. The van der Waals surface area contributed by atoms with Gasteiger partial charge in [0.05, 0.1) is 5.52 Å². The van der Waals surface area contributed by atoms with E-state index in [0.29, 0.717) is 6.04 Å². The zero-order valence-electron chi connectivity index (χ0n) is 12.3. The van der Waals surface area contributed by atoms with Crippen LogP contribution < -0.4 is 4.90 Å². The Bertz CT molecular complexity index is 642. The molecular weight excluding hydrogens is 328 g/mol. The Kier molecular flexibility index (Phi) is 4.45. The fourth-order valence-corrected chi connectivity index (χ4v) is 3.78. The van der Waals surface area contributed by atoms with Gasteiger partial charge in [-0.15, -0.1) is 0 Å². The summed E-state index contributed by atoms with van der Waals surface area (Å²) in [5.41, 5.74) is 3.33. The third-order valence-electron chi connectivity index (χ3n) is 4.30. The van der Waals surface area contributed by atoms with Crippen molar-refractivity contribution in [1.29, 1.82) is 0 Å². The topological polar surface area (TPSA) is 36.4 Å². The van der Waals surface area contributed by atoms with Gasteiger partial charge in [-0.3, -0.25) is 4.98 Å². The van der Waals surface area contributed by atoms with Crippen molar-refractivity contribution in [2.24, 2.45) is 0 Å². The van der Waals surface area contributed by atoms with Crippen molar-refractivity contribution in [2.45, 2.75) is 38.6 Å². The van der Waals surface area contributed by atoms with Gasteiger partial charge in [0, 0.05) is 40.4 Å². The molecule has 0 aliphatic carbocycles. The maximum absolute atomic E-state index is 9.35. The van der Waals surface area contributed by atoms with Gasteiger partial charge in [0.15, 0.2) is 0 Å². The number of halogens is 1. The molecule has 1 N–H and O–H groups in total. The SMILES string of the molecule is Cc1cc(N2CCCCC2CCO)c2cccc(Br)c2n1. The predicted molar refractivity (Wildman–Crippen MR) is 90.9 cm³/mol. The van der Waals surface area contributed by atoms with Gasteiger partial charge in [0.2, 0.25) is 0 Å². The Labute approximate surface area is 134 Å². The van der Waals surface area contributed by atoms with Crippen molar-refractivity contribution < 1.29 is 5.11 Å². The van der Waals surface area contributed by atoms with Crippen LogP contribution in [0.2, 0.25) is 0 Å². The average molecular weight is 349 g/mol. The van der Waals surface area contributed by atoms with E-state index in [4.69, 9.17) is 0 Å². The van der Waals surface area contributed by atoms with E-state index in [-0.39, 0.29) is 6.61 Å². The van der Waals surface area contributed by atoms with E-state index in [1.54, 1.807) is 0 Å². The maximum atomic E-state index is 9.35. The summed E-state index contributed by atoms with van der Waals surface area (Å²) in [7, 11) is 0. The minimum absolute atomic E-state index is 0.257. The van der Waals surface area contributed by atoms with Crippen molar-refractivity contribution in [1.82, 2.24) is 4.98 Å². The lowest BCUT2D eigenvalue weighted by Gasteiger charge is -2.38. The van der Waals surface area contributed by atoms with Crippen LogP contribution in [-0.2, 0) is 0 Å². The van der Waals surface area contributed by atoms with Gasteiger partial charge < -0.3 is 10.0 Å². The van der Waals surface area contributed by atoms with E-state index in [9.17, 15) is 5.11 Å². The van der Waals surface area contributed by atoms with E-state index in [2.05, 4.69) is 44.0 Å². The minimum Gasteiger partial charge on any atom is -0.396 e. The van der Waals surface area contributed by atoms with Gasteiger partial charge in [0.1, 0.15) is 0 Å². The molecule has 0 saturated carbocycles. The molecule has 1 fully saturated rings. The molecule has 0 bridgehead atoms. The molecule has 0 radical (unpaired) electrons. The first kappa shape index (κ1) is 14.8. The molecule has 112 valence electrons. The molecule has 1 atom stereocenters. The minimum atomic E-state index is 0.257. The number of hydrogen-bond donors (Lipinski definition) is 1. The number of anilines is 1. The maximum Gasteiger partial charge on any atom is 0.0867 e. The number of nitrogens with zero attached hydrogens (tertiary/aromatic N) is 2. The monoisotopic (exact) mass is 348 g/mol. The lowest BCUT2D eigenvalue weighted by molar-refractivity contribution is 0.262. The summed E-state index contributed by atoms with van der Waals surface area (Å²) in [5.74, 6) is 0. The number of aryl methyl sites for hydroxylation is 1. The predicted octanol–water partition coefficient (Wildman–Crippen LogP) is 4.05.